The number of carbonyl (C=O) groups excluding carboxylic acids is 1. The maximum atomic E-state index is 12.3. The summed E-state index contributed by atoms with van der Waals surface area (Å²) in [7, 11) is 0. The number of piperidine rings is 1. The molecule has 1 saturated heterocycles. The highest BCUT2D eigenvalue weighted by atomic mass is 16.2. The summed E-state index contributed by atoms with van der Waals surface area (Å²) in [6, 6.07) is 18.3. The van der Waals surface area contributed by atoms with Crippen LogP contribution in [0.25, 0.3) is 10.9 Å². The average molecular weight is 362 g/mol. The fourth-order valence-corrected chi connectivity index (χ4v) is 3.85. The number of fused-ring (bicyclic) bond motifs is 1. The molecule has 1 atom stereocenters. The van der Waals surface area contributed by atoms with E-state index in [-0.39, 0.29) is 6.03 Å². The number of aromatic nitrogens is 1. The van der Waals surface area contributed by atoms with Gasteiger partial charge >= 0.3 is 6.03 Å². The van der Waals surface area contributed by atoms with E-state index in [1.54, 1.807) is 0 Å². The summed E-state index contributed by atoms with van der Waals surface area (Å²) in [6.45, 7) is 3.86. The Hall–Kier alpha value is -2.79. The van der Waals surface area contributed by atoms with E-state index in [0.717, 1.165) is 36.2 Å². The highest BCUT2D eigenvalue weighted by Crippen LogP contribution is 2.19. The molecule has 2 aromatic carbocycles. The number of hydrogen-bond acceptors (Lipinski definition) is 2. The Bertz CT molecular complexity index is 889. The van der Waals surface area contributed by atoms with E-state index < -0.39 is 0 Å². The van der Waals surface area contributed by atoms with E-state index in [2.05, 4.69) is 50.8 Å². The van der Waals surface area contributed by atoms with Crippen LogP contribution in [-0.2, 0) is 6.54 Å². The largest absolute Gasteiger partial charge is 0.361 e. The van der Waals surface area contributed by atoms with E-state index in [9.17, 15) is 4.79 Å². The number of hydrogen-bond donors (Lipinski definition) is 3. The van der Waals surface area contributed by atoms with Gasteiger partial charge in [0.1, 0.15) is 0 Å². The topological polar surface area (TPSA) is 60.2 Å². The number of rotatable bonds is 5. The lowest BCUT2D eigenvalue weighted by molar-refractivity contribution is 0.166. The third kappa shape index (κ3) is 4.68. The monoisotopic (exact) mass is 362 g/mol. The lowest BCUT2D eigenvalue weighted by Crippen LogP contribution is -2.41. The molecule has 5 nitrogen and oxygen atoms in total. The summed E-state index contributed by atoms with van der Waals surface area (Å²) >= 11 is 0. The lowest BCUT2D eigenvalue weighted by atomic mass is 9.97. The molecule has 2 heterocycles. The Morgan fingerprint density at radius 2 is 2.04 bits per heavy atom. The highest BCUT2D eigenvalue weighted by molar-refractivity contribution is 5.92. The van der Waals surface area contributed by atoms with Crippen molar-refractivity contribution in [3.05, 3.63) is 66.4 Å². The Morgan fingerprint density at radius 1 is 1.15 bits per heavy atom. The third-order valence-electron chi connectivity index (χ3n) is 5.21. The SMILES string of the molecule is O=C(NCC1CCCN(Cc2ccccc2)C1)Nc1ccc2[nH]ccc2c1. The predicted octanol–water partition coefficient (Wildman–Crippen LogP) is 4.20. The first kappa shape index (κ1) is 17.6. The number of nitrogens with zero attached hydrogens (tertiary/aromatic N) is 1. The first-order valence-corrected chi connectivity index (χ1v) is 9.64. The van der Waals surface area contributed by atoms with Crippen molar-refractivity contribution in [2.24, 2.45) is 5.92 Å². The van der Waals surface area contributed by atoms with E-state index in [1.807, 2.05) is 30.5 Å². The smallest absolute Gasteiger partial charge is 0.319 e. The molecule has 0 saturated carbocycles. The molecule has 1 aliphatic heterocycles. The van der Waals surface area contributed by atoms with Crippen molar-refractivity contribution >= 4 is 22.6 Å². The molecule has 140 valence electrons. The Labute approximate surface area is 159 Å². The van der Waals surface area contributed by atoms with Gasteiger partial charge in [-0.1, -0.05) is 30.3 Å². The van der Waals surface area contributed by atoms with Crippen molar-refractivity contribution in [1.82, 2.24) is 15.2 Å². The third-order valence-corrected chi connectivity index (χ3v) is 5.21. The average Bonchev–Trinajstić information content (AvgIpc) is 3.15. The van der Waals surface area contributed by atoms with Gasteiger partial charge in [0.05, 0.1) is 0 Å². The van der Waals surface area contributed by atoms with Crippen molar-refractivity contribution in [2.75, 3.05) is 25.0 Å². The fourth-order valence-electron chi connectivity index (χ4n) is 3.85. The van der Waals surface area contributed by atoms with Gasteiger partial charge in [-0.3, -0.25) is 4.90 Å². The first-order chi connectivity index (χ1) is 13.3. The molecule has 1 unspecified atom stereocenters. The molecular formula is C22H26N4O. The van der Waals surface area contributed by atoms with E-state index >= 15 is 0 Å². The molecule has 4 rings (SSSR count). The Balaban J connectivity index is 1.25. The minimum absolute atomic E-state index is 0.134. The summed E-state index contributed by atoms with van der Waals surface area (Å²) in [5.41, 5.74) is 3.24. The molecule has 0 radical (unpaired) electrons. The van der Waals surface area contributed by atoms with Gasteiger partial charge in [0.15, 0.2) is 0 Å². The maximum absolute atomic E-state index is 12.3. The van der Waals surface area contributed by atoms with E-state index in [0.29, 0.717) is 12.5 Å². The number of anilines is 1. The summed E-state index contributed by atoms with van der Waals surface area (Å²) in [4.78, 5) is 17.9. The van der Waals surface area contributed by atoms with Crippen LogP contribution >= 0.6 is 0 Å². The van der Waals surface area contributed by atoms with Crippen LogP contribution < -0.4 is 10.6 Å². The zero-order chi connectivity index (χ0) is 18.5. The summed E-state index contributed by atoms with van der Waals surface area (Å²) < 4.78 is 0. The lowest BCUT2D eigenvalue weighted by Gasteiger charge is -2.32. The van der Waals surface area contributed by atoms with Crippen molar-refractivity contribution in [3.63, 3.8) is 0 Å². The zero-order valence-corrected chi connectivity index (χ0v) is 15.4. The normalized spacial score (nSPS) is 17.7. The number of likely N-dealkylation sites (tertiary alicyclic amines) is 1. The fraction of sp³-hybridized carbons (Fsp3) is 0.318. The number of carbonyl (C=O) groups is 1. The number of urea groups is 1. The zero-order valence-electron chi connectivity index (χ0n) is 15.4. The minimum atomic E-state index is -0.134. The maximum Gasteiger partial charge on any atom is 0.319 e. The van der Waals surface area contributed by atoms with Crippen molar-refractivity contribution in [1.29, 1.82) is 0 Å². The second-order valence-corrected chi connectivity index (χ2v) is 7.34. The van der Waals surface area contributed by atoms with E-state index in [1.165, 1.54) is 18.4 Å². The van der Waals surface area contributed by atoms with Crippen LogP contribution in [0.3, 0.4) is 0 Å². The summed E-state index contributed by atoms with van der Waals surface area (Å²) in [6.07, 6.45) is 4.25. The van der Waals surface area contributed by atoms with Gasteiger partial charge in [0, 0.05) is 42.4 Å². The van der Waals surface area contributed by atoms with Crippen LogP contribution in [0, 0.1) is 5.92 Å². The number of H-pyrrole nitrogens is 1. The summed E-state index contributed by atoms with van der Waals surface area (Å²) in [5.74, 6) is 0.500. The molecule has 3 N–H and O–H groups in total. The van der Waals surface area contributed by atoms with E-state index in [4.69, 9.17) is 0 Å². The molecule has 0 aliphatic carbocycles. The number of benzene rings is 2. The van der Waals surface area contributed by atoms with Gasteiger partial charge in [-0.2, -0.15) is 0 Å². The molecule has 0 bridgehead atoms. The van der Waals surface area contributed by atoms with Gasteiger partial charge in [-0.05, 0) is 55.1 Å². The molecule has 27 heavy (non-hydrogen) atoms. The quantitative estimate of drug-likeness (QED) is 0.637. The van der Waals surface area contributed by atoms with Gasteiger partial charge in [0.25, 0.3) is 0 Å². The molecule has 1 aromatic heterocycles. The molecule has 3 aromatic rings. The molecule has 5 heteroatoms. The second kappa shape index (κ2) is 8.27. The van der Waals surface area contributed by atoms with Crippen LogP contribution in [-0.4, -0.2) is 35.5 Å². The van der Waals surface area contributed by atoms with Crippen molar-refractivity contribution in [2.45, 2.75) is 19.4 Å². The predicted molar refractivity (Wildman–Crippen MR) is 110 cm³/mol. The molecule has 1 aliphatic rings. The Kier molecular flexibility index (Phi) is 5.39. The van der Waals surface area contributed by atoms with Crippen LogP contribution in [0.2, 0.25) is 0 Å². The van der Waals surface area contributed by atoms with Crippen LogP contribution in [0.5, 0.6) is 0 Å². The molecule has 1 fully saturated rings. The first-order valence-electron chi connectivity index (χ1n) is 9.64. The number of nitrogens with one attached hydrogen (secondary N) is 3. The van der Waals surface area contributed by atoms with Gasteiger partial charge in [-0.25, -0.2) is 4.79 Å². The van der Waals surface area contributed by atoms with Crippen molar-refractivity contribution < 1.29 is 4.79 Å². The van der Waals surface area contributed by atoms with Crippen LogP contribution in [0.4, 0.5) is 10.5 Å². The standard InChI is InChI=1S/C22H26N4O/c27-22(25-20-8-9-21-19(13-20)10-11-23-21)24-14-18-7-4-12-26(16-18)15-17-5-2-1-3-6-17/h1-3,5-6,8-11,13,18,23H,4,7,12,14-16H2,(H2,24,25,27). The minimum Gasteiger partial charge on any atom is -0.361 e. The van der Waals surface area contributed by atoms with Crippen LogP contribution in [0.15, 0.2) is 60.8 Å². The van der Waals surface area contributed by atoms with Crippen molar-refractivity contribution in [3.8, 4) is 0 Å². The van der Waals surface area contributed by atoms with Gasteiger partial charge < -0.3 is 15.6 Å². The van der Waals surface area contributed by atoms with Gasteiger partial charge in [-0.15, -0.1) is 0 Å². The van der Waals surface area contributed by atoms with Gasteiger partial charge in [0.2, 0.25) is 0 Å². The molecular weight excluding hydrogens is 336 g/mol. The number of aromatic amines is 1. The molecule has 0 spiro atoms. The number of amides is 2. The highest BCUT2D eigenvalue weighted by Gasteiger charge is 2.20. The van der Waals surface area contributed by atoms with Crippen LogP contribution in [0.1, 0.15) is 18.4 Å². The Morgan fingerprint density at radius 3 is 2.93 bits per heavy atom. The molecule has 2 amide bonds. The second-order valence-electron chi connectivity index (χ2n) is 7.34. The summed E-state index contributed by atoms with van der Waals surface area (Å²) in [5, 5.41) is 7.07.